The molecule has 178 valence electrons. The van der Waals surface area contributed by atoms with Crippen LogP contribution in [0.2, 0.25) is 0 Å². The van der Waals surface area contributed by atoms with Crippen molar-refractivity contribution in [3.8, 4) is 23.0 Å². The Hall–Kier alpha value is -4.12. The van der Waals surface area contributed by atoms with E-state index in [-0.39, 0.29) is 17.1 Å². The van der Waals surface area contributed by atoms with Crippen LogP contribution in [0.5, 0.6) is 23.0 Å². The number of nitro groups is 1. The molecule has 0 bridgehead atoms. The quantitative estimate of drug-likeness (QED) is 0.385. The van der Waals surface area contributed by atoms with Crippen molar-refractivity contribution in [2.45, 2.75) is 19.3 Å². The number of nitrogens with zero attached hydrogens (tertiary/aromatic N) is 3. The lowest BCUT2D eigenvalue weighted by molar-refractivity contribution is -0.384. The summed E-state index contributed by atoms with van der Waals surface area (Å²) < 4.78 is 16.6. The highest BCUT2D eigenvalue weighted by atomic mass is 16.6. The topological polar surface area (TPSA) is 128 Å². The third kappa shape index (κ3) is 5.09. The SMILES string of the molecule is COc1cc2nccc(Oc3ccc(NC(=O)NN4CCCCC4)c([N+](=O)[O-])c3)c2cc1OC. The van der Waals surface area contributed by atoms with Crippen LogP contribution >= 0.6 is 0 Å². The Labute approximate surface area is 195 Å². The molecular formula is C23H25N5O6. The first kappa shape index (κ1) is 23.1. The van der Waals surface area contributed by atoms with E-state index in [1.54, 1.807) is 35.5 Å². The minimum Gasteiger partial charge on any atom is -0.493 e. The first-order chi connectivity index (χ1) is 16.5. The summed E-state index contributed by atoms with van der Waals surface area (Å²) in [6.45, 7) is 1.50. The molecule has 0 aliphatic carbocycles. The Morgan fingerprint density at radius 2 is 1.76 bits per heavy atom. The van der Waals surface area contributed by atoms with Gasteiger partial charge in [-0.3, -0.25) is 20.5 Å². The molecule has 3 aromatic rings. The highest BCUT2D eigenvalue weighted by Crippen LogP contribution is 2.38. The second kappa shape index (κ2) is 10.2. The van der Waals surface area contributed by atoms with E-state index in [1.807, 2.05) is 0 Å². The predicted molar refractivity (Wildman–Crippen MR) is 126 cm³/mol. The van der Waals surface area contributed by atoms with Crippen LogP contribution in [0.15, 0.2) is 42.6 Å². The third-order valence-corrected chi connectivity index (χ3v) is 5.46. The number of urea groups is 1. The number of piperidine rings is 1. The lowest BCUT2D eigenvalue weighted by Crippen LogP contribution is -2.46. The minimum atomic E-state index is -0.568. The van der Waals surface area contributed by atoms with Crippen LogP contribution < -0.4 is 25.0 Å². The summed E-state index contributed by atoms with van der Waals surface area (Å²) >= 11 is 0. The number of methoxy groups -OCH3 is 2. The maximum atomic E-state index is 12.3. The van der Waals surface area contributed by atoms with Gasteiger partial charge < -0.3 is 19.5 Å². The highest BCUT2D eigenvalue weighted by molar-refractivity contribution is 5.92. The summed E-state index contributed by atoms with van der Waals surface area (Å²) in [5, 5.41) is 16.7. The van der Waals surface area contributed by atoms with Gasteiger partial charge in [-0.15, -0.1) is 0 Å². The number of pyridine rings is 1. The van der Waals surface area contributed by atoms with E-state index in [0.717, 1.165) is 32.4 Å². The Bertz CT molecular complexity index is 1210. The van der Waals surface area contributed by atoms with Crippen LogP contribution in [0.25, 0.3) is 10.9 Å². The smallest absolute Gasteiger partial charge is 0.333 e. The molecule has 2 aromatic carbocycles. The monoisotopic (exact) mass is 467 g/mol. The van der Waals surface area contributed by atoms with Gasteiger partial charge in [-0.2, -0.15) is 0 Å². The van der Waals surface area contributed by atoms with Crippen LogP contribution in [-0.2, 0) is 0 Å². The maximum Gasteiger partial charge on any atom is 0.333 e. The number of fused-ring (bicyclic) bond motifs is 1. The molecule has 1 aliphatic heterocycles. The number of hydrazine groups is 1. The summed E-state index contributed by atoms with van der Waals surface area (Å²) in [4.78, 5) is 27.8. The summed E-state index contributed by atoms with van der Waals surface area (Å²) in [5.41, 5.74) is 3.12. The number of hydrogen-bond acceptors (Lipinski definition) is 8. The largest absolute Gasteiger partial charge is 0.493 e. The number of nitro benzene ring substituents is 1. The molecule has 34 heavy (non-hydrogen) atoms. The molecule has 0 spiro atoms. The van der Waals surface area contributed by atoms with Crippen LogP contribution in [0.4, 0.5) is 16.2 Å². The predicted octanol–water partition coefficient (Wildman–Crippen LogP) is 4.47. The van der Waals surface area contributed by atoms with E-state index in [2.05, 4.69) is 15.7 Å². The maximum absolute atomic E-state index is 12.3. The van der Waals surface area contributed by atoms with Crippen LogP contribution in [-0.4, -0.2) is 48.3 Å². The number of aromatic nitrogens is 1. The normalized spacial score (nSPS) is 13.8. The zero-order valence-electron chi connectivity index (χ0n) is 18.9. The van der Waals surface area contributed by atoms with Crippen molar-refractivity contribution in [3.63, 3.8) is 0 Å². The number of rotatable bonds is 7. The molecule has 0 unspecified atom stereocenters. The fourth-order valence-corrected chi connectivity index (χ4v) is 3.79. The summed E-state index contributed by atoms with van der Waals surface area (Å²) in [6.07, 6.45) is 4.68. The molecule has 0 radical (unpaired) electrons. The molecule has 1 saturated heterocycles. The fraction of sp³-hybridized carbons (Fsp3) is 0.304. The fourth-order valence-electron chi connectivity index (χ4n) is 3.79. The number of ether oxygens (including phenoxy) is 3. The van der Waals surface area contributed by atoms with Gasteiger partial charge >= 0.3 is 6.03 Å². The number of amides is 2. The number of nitrogens with one attached hydrogen (secondary N) is 2. The van der Waals surface area contributed by atoms with Crippen molar-refractivity contribution >= 4 is 28.3 Å². The molecule has 2 heterocycles. The van der Waals surface area contributed by atoms with Crippen molar-refractivity contribution in [2.24, 2.45) is 0 Å². The standard InChI is InChI=1S/C23H25N5O6/c1-32-21-13-16-18(14-22(21)33-2)24-9-8-20(16)34-15-6-7-17(19(12-15)28(30)31)25-23(29)26-27-10-4-3-5-11-27/h6-9,12-14H,3-5,10-11H2,1-2H3,(H2,25,26,29). The molecule has 2 amide bonds. The first-order valence-corrected chi connectivity index (χ1v) is 10.8. The highest BCUT2D eigenvalue weighted by Gasteiger charge is 2.20. The molecule has 1 fully saturated rings. The van der Waals surface area contributed by atoms with E-state index in [4.69, 9.17) is 14.2 Å². The number of benzene rings is 2. The van der Waals surface area contributed by atoms with E-state index >= 15 is 0 Å². The first-order valence-electron chi connectivity index (χ1n) is 10.8. The molecule has 0 saturated carbocycles. The van der Waals surface area contributed by atoms with E-state index in [1.165, 1.54) is 26.4 Å². The van der Waals surface area contributed by atoms with E-state index in [0.29, 0.717) is 28.2 Å². The Morgan fingerprint density at radius 3 is 2.47 bits per heavy atom. The van der Waals surface area contributed by atoms with Crippen LogP contribution in [0, 0.1) is 10.1 Å². The second-order valence-corrected chi connectivity index (χ2v) is 7.69. The van der Waals surface area contributed by atoms with Crippen molar-refractivity contribution in [2.75, 3.05) is 32.6 Å². The zero-order chi connectivity index (χ0) is 24.1. The Morgan fingerprint density at radius 1 is 1.03 bits per heavy atom. The molecule has 11 nitrogen and oxygen atoms in total. The number of carbonyl (C=O) groups is 1. The molecule has 0 atom stereocenters. The van der Waals surface area contributed by atoms with Crippen molar-refractivity contribution in [3.05, 3.63) is 52.7 Å². The van der Waals surface area contributed by atoms with Gasteiger partial charge in [0.05, 0.1) is 30.7 Å². The van der Waals surface area contributed by atoms with Gasteiger partial charge in [-0.05, 0) is 37.1 Å². The molecule has 2 N–H and O–H groups in total. The lowest BCUT2D eigenvalue weighted by atomic mass is 10.1. The molecular weight excluding hydrogens is 442 g/mol. The number of hydrogen-bond donors (Lipinski definition) is 2. The van der Waals surface area contributed by atoms with Crippen molar-refractivity contribution < 1.29 is 23.9 Å². The lowest BCUT2D eigenvalue weighted by Gasteiger charge is -2.26. The zero-order valence-corrected chi connectivity index (χ0v) is 18.9. The van der Waals surface area contributed by atoms with Crippen LogP contribution in [0.1, 0.15) is 19.3 Å². The minimum absolute atomic E-state index is 0.0675. The Kier molecular flexibility index (Phi) is 6.93. The van der Waals surface area contributed by atoms with Gasteiger partial charge in [0.15, 0.2) is 11.5 Å². The van der Waals surface area contributed by atoms with Gasteiger partial charge in [0.1, 0.15) is 17.2 Å². The number of anilines is 1. The molecule has 11 heteroatoms. The van der Waals surface area contributed by atoms with Gasteiger partial charge in [-0.25, -0.2) is 9.80 Å². The summed E-state index contributed by atoms with van der Waals surface area (Å²) in [7, 11) is 3.06. The summed E-state index contributed by atoms with van der Waals surface area (Å²) in [6, 6.07) is 8.83. The van der Waals surface area contributed by atoms with Gasteiger partial charge in [0.2, 0.25) is 0 Å². The Balaban J connectivity index is 1.57. The van der Waals surface area contributed by atoms with Crippen molar-refractivity contribution in [1.29, 1.82) is 0 Å². The van der Waals surface area contributed by atoms with E-state index < -0.39 is 11.0 Å². The third-order valence-electron chi connectivity index (χ3n) is 5.46. The molecule has 4 rings (SSSR count). The molecule has 1 aromatic heterocycles. The average molecular weight is 467 g/mol. The van der Waals surface area contributed by atoms with Gasteiger partial charge in [0.25, 0.3) is 5.69 Å². The van der Waals surface area contributed by atoms with Gasteiger partial charge in [-0.1, -0.05) is 6.42 Å². The molecule has 1 aliphatic rings. The summed E-state index contributed by atoms with van der Waals surface area (Å²) in [5.74, 6) is 1.69. The van der Waals surface area contributed by atoms with Crippen molar-refractivity contribution in [1.82, 2.24) is 15.4 Å². The van der Waals surface area contributed by atoms with Crippen LogP contribution in [0.3, 0.4) is 0 Å². The second-order valence-electron chi connectivity index (χ2n) is 7.69. The van der Waals surface area contributed by atoms with Gasteiger partial charge in [0, 0.05) is 30.7 Å². The number of carbonyl (C=O) groups excluding carboxylic acids is 1. The van der Waals surface area contributed by atoms with E-state index in [9.17, 15) is 14.9 Å². The average Bonchev–Trinajstić information content (AvgIpc) is 2.84.